The minimum absolute atomic E-state index is 0.139. The molecule has 1 aromatic heterocycles. The van der Waals surface area contributed by atoms with Gasteiger partial charge in [-0.05, 0) is 55.7 Å². The highest BCUT2D eigenvalue weighted by molar-refractivity contribution is 5.94. The maximum Gasteiger partial charge on any atom is 0.319 e. The number of aromatic nitrogens is 1. The van der Waals surface area contributed by atoms with E-state index >= 15 is 0 Å². The molecule has 3 rings (SSSR count). The molecule has 0 aliphatic carbocycles. The Kier molecular flexibility index (Phi) is 7.69. The average Bonchev–Trinajstić information content (AvgIpc) is 2.77. The number of aliphatic hydroxyl groups is 1. The number of benzene rings is 1. The van der Waals surface area contributed by atoms with E-state index in [1.165, 1.54) is 30.5 Å². The summed E-state index contributed by atoms with van der Waals surface area (Å²) in [5.41, 5.74) is 0.947. The summed E-state index contributed by atoms with van der Waals surface area (Å²) < 4.78 is 18.8. The molecule has 3 atom stereocenters. The van der Waals surface area contributed by atoms with Gasteiger partial charge in [-0.25, -0.2) is 9.18 Å². The Morgan fingerprint density at radius 2 is 2.00 bits per heavy atom. The molecule has 1 fully saturated rings. The molecule has 1 aromatic carbocycles. The van der Waals surface area contributed by atoms with E-state index in [0.29, 0.717) is 37.1 Å². The molecule has 2 heterocycles. The molecule has 4 N–H and O–H groups in total. The van der Waals surface area contributed by atoms with Crippen molar-refractivity contribution >= 4 is 17.6 Å². The third kappa shape index (κ3) is 6.23. The predicted octanol–water partition coefficient (Wildman–Crippen LogP) is 2.07. The SMILES string of the molecule is O=C(NCC[C@H]1CC[C@@H](NC(=O)c2cccnc2)[C@@H](CO)O1)Nc1ccc(F)cc1. The number of rotatable bonds is 7. The summed E-state index contributed by atoms with van der Waals surface area (Å²) in [6.07, 6.45) is 4.33. The molecule has 160 valence electrons. The van der Waals surface area contributed by atoms with Crippen LogP contribution in [0, 0.1) is 5.82 Å². The number of urea groups is 1. The molecule has 1 aliphatic rings. The summed E-state index contributed by atoms with van der Waals surface area (Å²) in [7, 11) is 0. The van der Waals surface area contributed by atoms with Gasteiger partial charge in [0.25, 0.3) is 5.91 Å². The number of aliphatic hydroxyl groups excluding tert-OH is 1. The Balaban J connectivity index is 1.40. The lowest BCUT2D eigenvalue weighted by atomic mass is 9.97. The number of nitrogens with one attached hydrogen (secondary N) is 3. The Hall–Kier alpha value is -3.04. The first-order valence-corrected chi connectivity index (χ1v) is 9.83. The summed E-state index contributed by atoms with van der Waals surface area (Å²) in [6.45, 7) is 0.162. The van der Waals surface area contributed by atoms with Gasteiger partial charge in [-0.2, -0.15) is 0 Å². The molecule has 3 amide bonds. The number of carbonyl (C=O) groups excluding carboxylic acids is 2. The average molecular weight is 416 g/mol. The van der Waals surface area contributed by atoms with Gasteiger partial charge >= 0.3 is 6.03 Å². The number of carbonyl (C=O) groups is 2. The van der Waals surface area contributed by atoms with Crippen LogP contribution in [0.5, 0.6) is 0 Å². The molecule has 0 bridgehead atoms. The first kappa shape index (κ1) is 21.7. The number of nitrogens with zero attached hydrogens (tertiary/aromatic N) is 1. The summed E-state index contributed by atoms with van der Waals surface area (Å²) in [5.74, 6) is -0.628. The fraction of sp³-hybridized carbons (Fsp3) is 0.381. The van der Waals surface area contributed by atoms with Crippen LogP contribution >= 0.6 is 0 Å². The van der Waals surface area contributed by atoms with E-state index in [4.69, 9.17) is 4.74 Å². The number of hydrogen-bond acceptors (Lipinski definition) is 5. The van der Waals surface area contributed by atoms with Crippen molar-refractivity contribution in [2.45, 2.75) is 37.5 Å². The monoisotopic (exact) mass is 416 g/mol. The topological polar surface area (TPSA) is 113 Å². The van der Waals surface area contributed by atoms with Crippen LogP contribution < -0.4 is 16.0 Å². The Morgan fingerprint density at radius 3 is 2.70 bits per heavy atom. The number of pyridine rings is 1. The van der Waals surface area contributed by atoms with Crippen LogP contribution in [-0.2, 0) is 4.74 Å². The molecule has 2 aromatic rings. The number of hydrogen-bond donors (Lipinski definition) is 4. The highest BCUT2D eigenvalue weighted by Crippen LogP contribution is 2.22. The van der Waals surface area contributed by atoms with Crippen molar-refractivity contribution in [1.29, 1.82) is 0 Å². The van der Waals surface area contributed by atoms with Gasteiger partial charge in [-0.1, -0.05) is 0 Å². The largest absolute Gasteiger partial charge is 0.394 e. The molecule has 0 spiro atoms. The van der Waals surface area contributed by atoms with Gasteiger partial charge in [0.1, 0.15) is 11.9 Å². The van der Waals surface area contributed by atoms with Crippen molar-refractivity contribution in [2.24, 2.45) is 0 Å². The quantitative estimate of drug-likeness (QED) is 0.552. The second-order valence-electron chi connectivity index (χ2n) is 7.05. The first-order chi connectivity index (χ1) is 14.5. The fourth-order valence-corrected chi connectivity index (χ4v) is 3.31. The van der Waals surface area contributed by atoms with Crippen LogP contribution in [0.2, 0.25) is 0 Å². The van der Waals surface area contributed by atoms with E-state index in [1.54, 1.807) is 18.3 Å². The Labute approximate surface area is 173 Å². The second kappa shape index (κ2) is 10.7. The lowest BCUT2D eigenvalue weighted by Crippen LogP contribution is -2.51. The molecule has 1 saturated heterocycles. The maximum atomic E-state index is 12.9. The van der Waals surface area contributed by atoms with Crippen LogP contribution in [0.15, 0.2) is 48.8 Å². The molecule has 0 radical (unpaired) electrons. The van der Waals surface area contributed by atoms with E-state index in [1.807, 2.05) is 0 Å². The van der Waals surface area contributed by atoms with Crippen molar-refractivity contribution in [1.82, 2.24) is 15.6 Å². The highest BCUT2D eigenvalue weighted by atomic mass is 19.1. The van der Waals surface area contributed by atoms with Crippen LogP contribution in [0.1, 0.15) is 29.6 Å². The van der Waals surface area contributed by atoms with Gasteiger partial charge < -0.3 is 25.8 Å². The van der Waals surface area contributed by atoms with Gasteiger partial charge in [0.05, 0.1) is 24.3 Å². The lowest BCUT2D eigenvalue weighted by Gasteiger charge is -2.36. The van der Waals surface area contributed by atoms with E-state index in [9.17, 15) is 19.1 Å². The predicted molar refractivity (Wildman–Crippen MR) is 109 cm³/mol. The van der Waals surface area contributed by atoms with E-state index in [2.05, 4.69) is 20.9 Å². The van der Waals surface area contributed by atoms with Crippen molar-refractivity contribution in [2.75, 3.05) is 18.5 Å². The van der Waals surface area contributed by atoms with E-state index in [0.717, 1.165) is 0 Å². The molecular weight excluding hydrogens is 391 g/mol. The van der Waals surface area contributed by atoms with Gasteiger partial charge in [0.15, 0.2) is 0 Å². The highest BCUT2D eigenvalue weighted by Gasteiger charge is 2.32. The number of halogens is 1. The molecule has 8 nitrogen and oxygen atoms in total. The fourth-order valence-electron chi connectivity index (χ4n) is 3.31. The molecule has 0 saturated carbocycles. The first-order valence-electron chi connectivity index (χ1n) is 9.83. The van der Waals surface area contributed by atoms with Crippen molar-refractivity contribution in [3.05, 3.63) is 60.2 Å². The Bertz CT molecular complexity index is 835. The molecule has 30 heavy (non-hydrogen) atoms. The summed E-state index contributed by atoms with van der Waals surface area (Å²) >= 11 is 0. The lowest BCUT2D eigenvalue weighted by molar-refractivity contribution is -0.0892. The van der Waals surface area contributed by atoms with Gasteiger partial charge in [0.2, 0.25) is 0 Å². The summed E-state index contributed by atoms with van der Waals surface area (Å²) in [4.78, 5) is 28.2. The minimum atomic E-state index is -0.516. The van der Waals surface area contributed by atoms with Crippen molar-refractivity contribution in [3.8, 4) is 0 Å². The standard InChI is InChI=1S/C21H25FN4O4/c22-15-3-5-16(6-4-15)25-21(29)24-11-9-17-7-8-18(19(13-27)30-17)26-20(28)14-2-1-10-23-12-14/h1-6,10,12,17-19,27H,7-9,11,13H2,(H,26,28)(H2,24,25,29)/t17-,18-,19-/m1/s1. The van der Waals surface area contributed by atoms with Crippen LogP contribution in [0.4, 0.5) is 14.9 Å². The summed E-state index contributed by atoms with van der Waals surface area (Å²) in [5, 5.41) is 17.9. The third-order valence-electron chi connectivity index (χ3n) is 4.89. The number of ether oxygens (including phenoxy) is 1. The number of amides is 3. The third-order valence-corrected chi connectivity index (χ3v) is 4.89. The van der Waals surface area contributed by atoms with Crippen LogP contribution in [0.3, 0.4) is 0 Å². The molecule has 1 aliphatic heterocycles. The van der Waals surface area contributed by atoms with Gasteiger partial charge in [0, 0.05) is 24.6 Å². The van der Waals surface area contributed by atoms with Gasteiger partial charge in [-0.3, -0.25) is 9.78 Å². The maximum absolute atomic E-state index is 12.9. The smallest absolute Gasteiger partial charge is 0.319 e. The van der Waals surface area contributed by atoms with Crippen LogP contribution in [-0.4, -0.2) is 53.4 Å². The zero-order chi connectivity index (χ0) is 21.3. The minimum Gasteiger partial charge on any atom is -0.394 e. The molecule has 0 unspecified atom stereocenters. The number of anilines is 1. The zero-order valence-corrected chi connectivity index (χ0v) is 16.4. The summed E-state index contributed by atoms with van der Waals surface area (Å²) in [6, 6.07) is 8.16. The van der Waals surface area contributed by atoms with Gasteiger partial charge in [-0.15, -0.1) is 0 Å². The van der Waals surface area contributed by atoms with Crippen molar-refractivity contribution in [3.63, 3.8) is 0 Å². The van der Waals surface area contributed by atoms with Crippen LogP contribution in [0.25, 0.3) is 0 Å². The van der Waals surface area contributed by atoms with Crippen molar-refractivity contribution < 1.29 is 23.8 Å². The molecule has 9 heteroatoms. The van der Waals surface area contributed by atoms with E-state index in [-0.39, 0.29) is 30.5 Å². The normalized spacial score (nSPS) is 20.9. The Morgan fingerprint density at radius 1 is 1.20 bits per heavy atom. The zero-order valence-electron chi connectivity index (χ0n) is 16.4. The second-order valence-corrected chi connectivity index (χ2v) is 7.05. The van der Waals surface area contributed by atoms with E-state index < -0.39 is 12.1 Å². The molecular formula is C21H25FN4O4.